The van der Waals surface area contributed by atoms with Crippen molar-refractivity contribution in [3.8, 4) is 22.8 Å². The Bertz CT molecular complexity index is 1050. The summed E-state index contributed by atoms with van der Waals surface area (Å²) in [7, 11) is 0. The lowest BCUT2D eigenvalue weighted by Gasteiger charge is -2.21. The fourth-order valence-electron chi connectivity index (χ4n) is 3.09. The number of esters is 1. The van der Waals surface area contributed by atoms with Gasteiger partial charge in [0.05, 0.1) is 11.7 Å². The molecule has 0 saturated carbocycles. The Kier molecular flexibility index (Phi) is 5.65. The van der Waals surface area contributed by atoms with Gasteiger partial charge in [-0.2, -0.15) is 5.10 Å². The zero-order chi connectivity index (χ0) is 20.9. The maximum atomic E-state index is 12.2. The summed E-state index contributed by atoms with van der Waals surface area (Å²) < 4.78 is 16.2. The fraction of sp³-hybridized carbons (Fsp3) is 0.227. The number of aromatic amines is 1. The second-order valence-corrected chi connectivity index (χ2v) is 6.80. The van der Waals surface area contributed by atoms with Crippen LogP contribution in [0.15, 0.2) is 54.6 Å². The first-order valence-corrected chi connectivity index (χ1v) is 9.57. The minimum Gasteiger partial charge on any atom is -0.486 e. The minimum absolute atomic E-state index is 0.182. The highest BCUT2D eigenvalue weighted by Crippen LogP contribution is 2.32. The molecule has 8 heteroatoms. The Labute approximate surface area is 173 Å². The van der Waals surface area contributed by atoms with Gasteiger partial charge < -0.3 is 19.5 Å². The average Bonchev–Trinajstić information content (AvgIpc) is 3.28. The van der Waals surface area contributed by atoms with Crippen LogP contribution in [0.4, 0.5) is 0 Å². The van der Waals surface area contributed by atoms with E-state index in [-0.39, 0.29) is 11.7 Å². The molecule has 1 amide bonds. The van der Waals surface area contributed by atoms with Gasteiger partial charge in [-0.1, -0.05) is 36.4 Å². The fourth-order valence-corrected chi connectivity index (χ4v) is 3.09. The molecule has 1 aliphatic heterocycles. The van der Waals surface area contributed by atoms with Crippen molar-refractivity contribution in [2.75, 3.05) is 19.8 Å². The van der Waals surface area contributed by atoms with E-state index in [0.717, 1.165) is 11.1 Å². The Morgan fingerprint density at radius 2 is 1.87 bits per heavy atom. The molecule has 8 nitrogen and oxygen atoms in total. The van der Waals surface area contributed by atoms with Crippen LogP contribution in [0.1, 0.15) is 29.0 Å². The Morgan fingerprint density at radius 3 is 2.67 bits per heavy atom. The first-order chi connectivity index (χ1) is 14.6. The number of benzene rings is 2. The van der Waals surface area contributed by atoms with Crippen LogP contribution < -0.4 is 14.8 Å². The van der Waals surface area contributed by atoms with Crippen LogP contribution in [0.3, 0.4) is 0 Å². The Hall–Kier alpha value is -3.81. The van der Waals surface area contributed by atoms with Crippen LogP contribution in [0.5, 0.6) is 11.5 Å². The van der Waals surface area contributed by atoms with Crippen molar-refractivity contribution in [1.82, 2.24) is 15.5 Å². The van der Waals surface area contributed by atoms with Crippen LogP contribution >= 0.6 is 0 Å². The number of amides is 1. The minimum atomic E-state index is -0.646. The third kappa shape index (κ3) is 4.43. The molecule has 0 bridgehead atoms. The van der Waals surface area contributed by atoms with E-state index in [1.165, 1.54) is 0 Å². The molecule has 0 spiro atoms. The van der Waals surface area contributed by atoms with Gasteiger partial charge in [0.15, 0.2) is 18.1 Å². The highest BCUT2D eigenvalue weighted by Gasteiger charge is 2.18. The quantitative estimate of drug-likeness (QED) is 0.609. The third-order valence-electron chi connectivity index (χ3n) is 4.65. The normalized spacial score (nSPS) is 13.4. The zero-order valence-corrected chi connectivity index (χ0v) is 16.4. The smallest absolute Gasteiger partial charge is 0.356 e. The molecule has 0 radical (unpaired) electrons. The van der Waals surface area contributed by atoms with E-state index in [1.807, 2.05) is 55.5 Å². The maximum absolute atomic E-state index is 12.2. The van der Waals surface area contributed by atoms with Crippen molar-refractivity contribution >= 4 is 11.9 Å². The molecule has 2 heterocycles. The van der Waals surface area contributed by atoms with Crippen LogP contribution in [0, 0.1) is 0 Å². The number of fused-ring (bicyclic) bond motifs is 1. The third-order valence-corrected chi connectivity index (χ3v) is 4.65. The van der Waals surface area contributed by atoms with Gasteiger partial charge in [0.2, 0.25) is 0 Å². The first kappa shape index (κ1) is 19.5. The largest absolute Gasteiger partial charge is 0.486 e. The van der Waals surface area contributed by atoms with E-state index < -0.39 is 18.5 Å². The Morgan fingerprint density at radius 1 is 1.10 bits per heavy atom. The van der Waals surface area contributed by atoms with E-state index in [9.17, 15) is 9.59 Å². The highest BCUT2D eigenvalue weighted by molar-refractivity contribution is 5.90. The lowest BCUT2D eigenvalue weighted by atomic mass is 10.1. The number of hydrogen-bond acceptors (Lipinski definition) is 6. The lowest BCUT2D eigenvalue weighted by molar-refractivity contribution is -0.124. The molecule has 4 rings (SSSR count). The second kappa shape index (κ2) is 8.69. The number of carbonyl (C=O) groups excluding carboxylic acids is 2. The molecule has 30 heavy (non-hydrogen) atoms. The molecule has 0 aliphatic carbocycles. The van der Waals surface area contributed by atoms with Crippen molar-refractivity contribution in [1.29, 1.82) is 0 Å². The molecule has 0 fully saturated rings. The summed E-state index contributed by atoms with van der Waals surface area (Å²) in [5.74, 6) is 0.284. The number of rotatable bonds is 6. The summed E-state index contributed by atoms with van der Waals surface area (Å²) in [5, 5.41) is 9.55. The van der Waals surface area contributed by atoms with Crippen molar-refractivity contribution in [3.63, 3.8) is 0 Å². The summed E-state index contributed by atoms with van der Waals surface area (Å²) in [6, 6.07) is 16.3. The molecule has 1 aromatic heterocycles. The van der Waals surface area contributed by atoms with Gasteiger partial charge in [0.25, 0.3) is 5.91 Å². The van der Waals surface area contributed by atoms with Crippen LogP contribution in [0.25, 0.3) is 11.3 Å². The molecule has 3 aromatic rings. The summed E-state index contributed by atoms with van der Waals surface area (Å²) in [5.41, 5.74) is 2.54. The summed E-state index contributed by atoms with van der Waals surface area (Å²) in [6.07, 6.45) is 0. The number of hydrogen-bond donors (Lipinski definition) is 2. The maximum Gasteiger partial charge on any atom is 0.356 e. The van der Waals surface area contributed by atoms with Gasteiger partial charge >= 0.3 is 5.97 Å². The highest BCUT2D eigenvalue weighted by atomic mass is 16.6. The molecule has 2 N–H and O–H groups in total. The SMILES string of the molecule is C[C@@H](NC(=O)COC(=O)c1cc(-c2ccccc2)n[nH]1)c1ccc2c(c1)OCCO2. The zero-order valence-electron chi connectivity index (χ0n) is 16.4. The van der Waals surface area contributed by atoms with Gasteiger partial charge in [-0.15, -0.1) is 0 Å². The van der Waals surface area contributed by atoms with Crippen molar-refractivity contribution < 1.29 is 23.8 Å². The van der Waals surface area contributed by atoms with E-state index in [1.54, 1.807) is 6.07 Å². The number of nitrogens with zero attached hydrogens (tertiary/aromatic N) is 1. The van der Waals surface area contributed by atoms with Gasteiger partial charge in [-0.25, -0.2) is 4.79 Å². The van der Waals surface area contributed by atoms with Gasteiger partial charge in [-0.05, 0) is 30.7 Å². The van der Waals surface area contributed by atoms with Crippen molar-refractivity contribution in [2.24, 2.45) is 0 Å². The van der Waals surface area contributed by atoms with Gasteiger partial charge in [0.1, 0.15) is 18.9 Å². The first-order valence-electron chi connectivity index (χ1n) is 9.57. The summed E-state index contributed by atoms with van der Waals surface area (Å²) >= 11 is 0. The van der Waals surface area contributed by atoms with Crippen LogP contribution in [-0.2, 0) is 9.53 Å². The topological polar surface area (TPSA) is 103 Å². The average molecular weight is 407 g/mol. The van der Waals surface area contributed by atoms with E-state index >= 15 is 0 Å². The molecule has 0 unspecified atom stereocenters. The molecular formula is C22H21N3O5. The standard InChI is InChI=1S/C22H21N3O5/c1-14(16-7-8-19-20(11-16)29-10-9-28-19)23-21(26)13-30-22(27)18-12-17(24-25-18)15-5-3-2-4-6-15/h2-8,11-12,14H,9-10,13H2,1H3,(H,23,26)(H,24,25)/t14-/m1/s1. The lowest BCUT2D eigenvalue weighted by Crippen LogP contribution is -2.31. The predicted octanol–water partition coefficient (Wildman–Crippen LogP) is 2.88. The predicted molar refractivity (Wildman–Crippen MR) is 108 cm³/mol. The molecule has 1 aliphatic rings. The number of nitrogens with one attached hydrogen (secondary N) is 2. The molecule has 2 aromatic carbocycles. The van der Waals surface area contributed by atoms with Gasteiger partial charge in [0, 0.05) is 5.56 Å². The van der Waals surface area contributed by atoms with E-state index in [0.29, 0.717) is 30.4 Å². The number of aromatic nitrogens is 2. The van der Waals surface area contributed by atoms with Crippen LogP contribution in [0.2, 0.25) is 0 Å². The molecule has 1 atom stereocenters. The van der Waals surface area contributed by atoms with E-state index in [4.69, 9.17) is 14.2 Å². The summed E-state index contributed by atoms with van der Waals surface area (Å²) in [6.45, 7) is 2.46. The van der Waals surface area contributed by atoms with Crippen LogP contribution in [-0.4, -0.2) is 41.9 Å². The van der Waals surface area contributed by atoms with Crippen molar-refractivity contribution in [3.05, 3.63) is 65.9 Å². The number of ether oxygens (including phenoxy) is 3. The molecular weight excluding hydrogens is 386 g/mol. The number of carbonyl (C=O) groups is 2. The second-order valence-electron chi connectivity index (χ2n) is 6.80. The Balaban J connectivity index is 1.30. The van der Waals surface area contributed by atoms with Crippen molar-refractivity contribution in [2.45, 2.75) is 13.0 Å². The summed E-state index contributed by atoms with van der Waals surface area (Å²) in [4.78, 5) is 24.4. The van der Waals surface area contributed by atoms with Gasteiger partial charge in [-0.3, -0.25) is 9.89 Å². The monoisotopic (exact) mass is 407 g/mol. The van der Waals surface area contributed by atoms with E-state index in [2.05, 4.69) is 15.5 Å². The molecule has 0 saturated heterocycles. The number of H-pyrrole nitrogens is 1. The molecule has 154 valence electrons.